The first-order chi connectivity index (χ1) is 12.8. The molecule has 3 aromatic rings. The Morgan fingerprint density at radius 2 is 0.769 bits per heavy atom. The van der Waals surface area contributed by atoms with Crippen LogP contribution in [-0.4, -0.2) is 12.4 Å². The maximum atomic E-state index is 4.49. The monoisotopic (exact) mass is 336 g/mol. The van der Waals surface area contributed by atoms with Crippen molar-refractivity contribution in [2.24, 2.45) is 9.98 Å². The van der Waals surface area contributed by atoms with E-state index in [1.54, 1.807) is 0 Å². The summed E-state index contributed by atoms with van der Waals surface area (Å²) >= 11 is 0. The molecule has 0 radical (unpaired) electrons. The van der Waals surface area contributed by atoms with E-state index in [9.17, 15) is 0 Å². The molecule has 0 unspecified atom stereocenters. The van der Waals surface area contributed by atoms with Crippen LogP contribution in [0.5, 0.6) is 0 Å². The third-order valence-electron chi connectivity index (χ3n) is 3.92. The number of hydrogen-bond acceptors (Lipinski definition) is 2. The molecule has 0 aromatic heterocycles. The fourth-order valence-corrected chi connectivity index (χ4v) is 2.36. The molecule has 0 amide bonds. The predicted octanol–water partition coefficient (Wildman–Crippen LogP) is 6.47. The summed E-state index contributed by atoms with van der Waals surface area (Å²) < 4.78 is 0. The van der Waals surface area contributed by atoms with Gasteiger partial charge in [0.05, 0.1) is 11.4 Å². The smallest absolute Gasteiger partial charge is 0.0630 e. The fraction of sp³-hybridized carbons (Fsp3) is 0. The van der Waals surface area contributed by atoms with Crippen molar-refractivity contribution in [1.82, 2.24) is 0 Å². The van der Waals surface area contributed by atoms with Gasteiger partial charge in [-0.05, 0) is 46.5 Å². The van der Waals surface area contributed by atoms with Gasteiger partial charge in [-0.1, -0.05) is 73.8 Å². The minimum atomic E-state index is 0.921. The first-order valence-corrected chi connectivity index (χ1v) is 8.40. The Morgan fingerprint density at radius 1 is 0.462 bits per heavy atom. The van der Waals surface area contributed by atoms with Crippen LogP contribution < -0.4 is 0 Å². The molecule has 126 valence electrons. The second kappa shape index (κ2) is 8.54. The number of benzene rings is 3. The van der Waals surface area contributed by atoms with Crippen LogP contribution in [0, 0.1) is 0 Å². The number of nitrogens with zero attached hydrogens (tertiary/aromatic N) is 2. The van der Waals surface area contributed by atoms with Crippen molar-refractivity contribution in [2.45, 2.75) is 0 Å². The molecule has 2 heteroatoms. The molecule has 0 saturated carbocycles. The largest absolute Gasteiger partial charge is 0.256 e. The van der Waals surface area contributed by atoms with Crippen LogP contribution in [0.2, 0.25) is 0 Å². The molecular weight excluding hydrogens is 316 g/mol. The van der Waals surface area contributed by atoms with Crippen molar-refractivity contribution < 1.29 is 0 Å². The molecule has 0 heterocycles. The quantitative estimate of drug-likeness (QED) is 0.461. The van der Waals surface area contributed by atoms with Crippen molar-refractivity contribution in [2.75, 3.05) is 0 Å². The standard InChI is InChI=1S/C24H20N2/c1-3-19-9-13-23(14-10-19)25-17-21-5-7-22(8-6-21)18-26-24-15-11-20(4-2)12-16-24/h3-18H,1-2H2. The van der Waals surface area contributed by atoms with Gasteiger partial charge in [0.1, 0.15) is 0 Å². The lowest BCUT2D eigenvalue weighted by atomic mass is 10.1. The van der Waals surface area contributed by atoms with E-state index in [1.807, 2.05) is 97.4 Å². The Hall–Kier alpha value is -3.52. The molecule has 0 spiro atoms. The van der Waals surface area contributed by atoms with Crippen molar-refractivity contribution in [3.05, 3.63) is 108 Å². The molecule has 2 nitrogen and oxygen atoms in total. The maximum Gasteiger partial charge on any atom is 0.0630 e. The number of rotatable bonds is 6. The van der Waals surface area contributed by atoms with Crippen LogP contribution >= 0.6 is 0 Å². The Labute approximate surface area is 154 Å². The molecule has 3 aromatic carbocycles. The van der Waals surface area contributed by atoms with Gasteiger partial charge >= 0.3 is 0 Å². The van der Waals surface area contributed by atoms with Gasteiger partial charge in [0.2, 0.25) is 0 Å². The van der Waals surface area contributed by atoms with Crippen LogP contribution in [0.1, 0.15) is 22.3 Å². The molecule has 0 aliphatic rings. The zero-order chi connectivity index (χ0) is 18.2. The van der Waals surface area contributed by atoms with Gasteiger partial charge in [-0.25, -0.2) is 0 Å². The average Bonchev–Trinajstić information content (AvgIpc) is 2.72. The first kappa shape index (κ1) is 17.3. The third-order valence-corrected chi connectivity index (χ3v) is 3.92. The van der Waals surface area contributed by atoms with E-state index >= 15 is 0 Å². The highest BCUT2D eigenvalue weighted by molar-refractivity contribution is 5.86. The lowest BCUT2D eigenvalue weighted by molar-refractivity contribution is 1.50. The van der Waals surface area contributed by atoms with Gasteiger partial charge in [-0.2, -0.15) is 0 Å². The van der Waals surface area contributed by atoms with Gasteiger partial charge < -0.3 is 0 Å². The van der Waals surface area contributed by atoms with Crippen molar-refractivity contribution in [3.63, 3.8) is 0 Å². The highest BCUT2D eigenvalue weighted by Gasteiger charge is 1.93. The number of aliphatic imine (C=N–C) groups is 2. The molecule has 26 heavy (non-hydrogen) atoms. The van der Waals surface area contributed by atoms with Crippen molar-refractivity contribution in [3.8, 4) is 0 Å². The van der Waals surface area contributed by atoms with E-state index in [-0.39, 0.29) is 0 Å². The second-order valence-corrected chi connectivity index (χ2v) is 5.77. The maximum absolute atomic E-state index is 4.49. The Morgan fingerprint density at radius 3 is 1.08 bits per heavy atom. The summed E-state index contributed by atoms with van der Waals surface area (Å²) in [6.07, 6.45) is 7.36. The lowest BCUT2D eigenvalue weighted by Gasteiger charge is -1.98. The van der Waals surface area contributed by atoms with Crippen LogP contribution in [0.4, 0.5) is 11.4 Å². The van der Waals surface area contributed by atoms with E-state index in [4.69, 9.17) is 0 Å². The normalized spacial score (nSPS) is 11.1. The van der Waals surface area contributed by atoms with Gasteiger partial charge in [-0.3, -0.25) is 9.98 Å². The minimum Gasteiger partial charge on any atom is -0.256 e. The van der Waals surface area contributed by atoms with Crippen LogP contribution in [0.3, 0.4) is 0 Å². The van der Waals surface area contributed by atoms with E-state index in [1.165, 1.54) is 0 Å². The van der Waals surface area contributed by atoms with Gasteiger partial charge in [0.15, 0.2) is 0 Å². The first-order valence-electron chi connectivity index (χ1n) is 8.40. The highest BCUT2D eigenvalue weighted by Crippen LogP contribution is 2.15. The van der Waals surface area contributed by atoms with E-state index < -0.39 is 0 Å². The summed E-state index contributed by atoms with van der Waals surface area (Å²) in [4.78, 5) is 8.98. The summed E-state index contributed by atoms with van der Waals surface area (Å²) in [7, 11) is 0. The van der Waals surface area contributed by atoms with Crippen LogP contribution in [0.25, 0.3) is 12.2 Å². The molecule has 3 rings (SSSR count). The lowest BCUT2D eigenvalue weighted by Crippen LogP contribution is -1.84. The molecule has 0 bridgehead atoms. The Balaban J connectivity index is 1.65. The van der Waals surface area contributed by atoms with E-state index in [2.05, 4.69) is 23.1 Å². The topological polar surface area (TPSA) is 24.7 Å². The highest BCUT2D eigenvalue weighted by atomic mass is 14.7. The summed E-state index contributed by atoms with van der Waals surface area (Å²) in [6.45, 7) is 7.50. The molecular formula is C24H20N2. The molecule has 0 fully saturated rings. The zero-order valence-electron chi connectivity index (χ0n) is 14.5. The van der Waals surface area contributed by atoms with E-state index in [0.717, 1.165) is 33.6 Å². The Kier molecular flexibility index (Phi) is 5.69. The van der Waals surface area contributed by atoms with Gasteiger partial charge in [0, 0.05) is 12.4 Å². The molecule has 0 aliphatic carbocycles. The molecule has 0 saturated heterocycles. The second-order valence-electron chi connectivity index (χ2n) is 5.77. The Bertz CT molecular complexity index is 849. The summed E-state index contributed by atoms with van der Waals surface area (Å²) in [5, 5.41) is 0. The van der Waals surface area contributed by atoms with Gasteiger partial charge in [0.25, 0.3) is 0 Å². The summed E-state index contributed by atoms with van der Waals surface area (Å²) in [5.74, 6) is 0. The zero-order valence-corrected chi connectivity index (χ0v) is 14.5. The van der Waals surface area contributed by atoms with Gasteiger partial charge in [-0.15, -0.1) is 0 Å². The predicted molar refractivity (Wildman–Crippen MR) is 114 cm³/mol. The molecule has 0 atom stereocenters. The number of hydrogen-bond donors (Lipinski definition) is 0. The van der Waals surface area contributed by atoms with Crippen LogP contribution in [-0.2, 0) is 0 Å². The average molecular weight is 336 g/mol. The minimum absolute atomic E-state index is 0.921. The SMILES string of the molecule is C=Cc1ccc(N=Cc2ccc(C=Nc3ccc(C=C)cc3)cc2)cc1. The van der Waals surface area contributed by atoms with Crippen molar-refractivity contribution in [1.29, 1.82) is 0 Å². The summed E-state index contributed by atoms with van der Waals surface area (Å²) in [5.41, 5.74) is 6.11. The van der Waals surface area contributed by atoms with Crippen molar-refractivity contribution >= 4 is 36.0 Å². The van der Waals surface area contributed by atoms with Crippen LogP contribution in [0.15, 0.2) is 95.9 Å². The third kappa shape index (κ3) is 4.74. The molecule has 0 N–H and O–H groups in total. The molecule has 0 aliphatic heterocycles. The fourth-order valence-electron chi connectivity index (χ4n) is 2.36. The van der Waals surface area contributed by atoms with E-state index in [0.29, 0.717) is 0 Å². The summed E-state index contributed by atoms with van der Waals surface area (Å²) in [6, 6.07) is 24.0.